The smallest absolute Gasteiger partial charge is 0.323 e. The van der Waals surface area contributed by atoms with Gasteiger partial charge in [0.05, 0.1) is 0 Å². The van der Waals surface area contributed by atoms with Gasteiger partial charge in [-0.15, -0.1) is 0 Å². The van der Waals surface area contributed by atoms with Crippen LogP contribution in [-0.4, -0.2) is 47.6 Å². The van der Waals surface area contributed by atoms with Gasteiger partial charge in [-0.25, -0.2) is 0 Å². The van der Waals surface area contributed by atoms with Gasteiger partial charge in [-0.05, 0) is 52.4 Å². The summed E-state index contributed by atoms with van der Waals surface area (Å²) in [7, 11) is 0. The van der Waals surface area contributed by atoms with E-state index in [1.54, 1.807) is 6.92 Å². The fourth-order valence-electron chi connectivity index (χ4n) is 3.72. The number of nitrogens with one attached hydrogen (secondary N) is 1. The molecule has 0 radical (unpaired) electrons. The van der Waals surface area contributed by atoms with Crippen molar-refractivity contribution in [2.24, 2.45) is 11.8 Å². The molecular weight excluding hydrogens is 316 g/mol. The monoisotopic (exact) mass is 354 g/mol. The Balaban J connectivity index is 2.84. The Morgan fingerprint density at radius 1 is 1.28 bits per heavy atom. The SMILES string of the molecule is CCC[C@@H](CN1CC(CC)CC1C(=O)OC(C)(C)C)C(C)NC(C)=O. The van der Waals surface area contributed by atoms with Gasteiger partial charge in [-0.2, -0.15) is 0 Å². The van der Waals surface area contributed by atoms with Gasteiger partial charge in [0.15, 0.2) is 0 Å². The Morgan fingerprint density at radius 2 is 1.92 bits per heavy atom. The van der Waals surface area contributed by atoms with E-state index in [2.05, 4.69) is 31.0 Å². The summed E-state index contributed by atoms with van der Waals surface area (Å²) < 4.78 is 5.66. The van der Waals surface area contributed by atoms with Crippen molar-refractivity contribution >= 4 is 11.9 Å². The number of amides is 1. The molecule has 1 saturated heterocycles. The summed E-state index contributed by atoms with van der Waals surface area (Å²) in [4.78, 5) is 26.4. The van der Waals surface area contributed by atoms with Crippen LogP contribution >= 0.6 is 0 Å². The highest BCUT2D eigenvalue weighted by molar-refractivity contribution is 5.76. The molecule has 0 spiro atoms. The van der Waals surface area contributed by atoms with E-state index in [4.69, 9.17) is 4.74 Å². The highest BCUT2D eigenvalue weighted by Gasteiger charge is 2.39. The lowest BCUT2D eigenvalue weighted by Gasteiger charge is -2.32. The second-order valence-corrected chi connectivity index (χ2v) is 8.55. The molecule has 1 heterocycles. The van der Waals surface area contributed by atoms with Crippen LogP contribution in [0, 0.1) is 11.8 Å². The highest BCUT2D eigenvalue weighted by Crippen LogP contribution is 2.29. The van der Waals surface area contributed by atoms with E-state index in [0.717, 1.165) is 38.8 Å². The van der Waals surface area contributed by atoms with E-state index < -0.39 is 5.60 Å². The first-order valence-electron chi connectivity index (χ1n) is 9.81. The second kappa shape index (κ2) is 9.56. The minimum atomic E-state index is -0.459. The van der Waals surface area contributed by atoms with Crippen molar-refractivity contribution < 1.29 is 14.3 Å². The quantitative estimate of drug-likeness (QED) is 0.679. The maximum atomic E-state index is 12.7. The van der Waals surface area contributed by atoms with E-state index in [1.165, 1.54) is 0 Å². The zero-order valence-corrected chi connectivity index (χ0v) is 17.2. The molecule has 1 N–H and O–H groups in total. The number of carbonyl (C=O) groups is 2. The lowest BCUT2D eigenvalue weighted by atomic mass is 9.95. The fraction of sp³-hybridized carbons (Fsp3) is 0.900. The summed E-state index contributed by atoms with van der Waals surface area (Å²) in [5.41, 5.74) is -0.459. The second-order valence-electron chi connectivity index (χ2n) is 8.55. The van der Waals surface area contributed by atoms with E-state index in [9.17, 15) is 9.59 Å². The van der Waals surface area contributed by atoms with Crippen LogP contribution in [0.3, 0.4) is 0 Å². The van der Waals surface area contributed by atoms with Gasteiger partial charge < -0.3 is 10.1 Å². The molecule has 0 bridgehead atoms. The molecule has 25 heavy (non-hydrogen) atoms. The maximum Gasteiger partial charge on any atom is 0.323 e. The third kappa shape index (κ3) is 7.35. The molecular formula is C20H38N2O3. The number of hydrogen-bond acceptors (Lipinski definition) is 4. The first-order chi connectivity index (χ1) is 11.6. The number of carbonyl (C=O) groups excluding carboxylic acids is 2. The molecule has 4 atom stereocenters. The Bertz CT molecular complexity index is 445. The van der Waals surface area contributed by atoms with Crippen molar-refractivity contribution in [3.05, 3.63) is 0 Å². The van der Waals surface area contributed by atoms with Crippen LogP contribution in [-0.2, 0) is 14.3 Å². The zero-order chi connectivity index (χ0) is 19.2. The maximum absolute atomic E-state index is 12.7. The van der Waals surface area contributed by atoms with E-state index in [0.29, 0.717) is 11.8 Å². The van der Waals surface area contributed by atoms with E-state index in [-0.39, 0.29) is 24.0 Å². The Labute approximate surface area is 153 Å². The van der Waals surface area contributed by atoms with E-state index >= 15 is 0 Å². The third-order valence-electron chi connectivity index (χ3n) is 5.01. The first kappa shape index (κ1) is 21.9. The Hall–Kier alpha value is -1.10. The topological polar surface area (TPSA) is 58.6 Å². The molecule has 1 rings (SSSR count). The standard InChI is InChI=1S/C20H38N2O3/c1-8-10-17(14(3)21-15(4)23)13-22-12-16(9-2)11-18(22)19(24)25-20(5,6)7/h14,16-18H,8-13H2,1-7H3,(H,21,23)/t14?,16?,17-,18?/m0/s1. The highest BCUT2D eigenvalue weighted by atomic mass is 16.6. The lowest BCUT2D eigenvalue weighted by molar-refractivity contribution is -0.160. The molecule has 1 aliphatic heterocycles. The van der Waals surface area contributed by atoms with Crippen molar-refractivity contribution in [2.45, 2.75) is 91.8 Å². The van der Waals surface area contributed by atoms with Crippen LogP contribution in [0.2, 0.25) is 0 Å². The molecule has 1 aliphatic rings. The molecule has 5 nitrogen and oxygen atoms in total. The van der Waals surface area contributed by atoms with Gasteiger partial charge in [0.1, 0.15) is 11.6 Å². The molecule has 146 valence electrons. The molecule has 5 heteroatoms. The molecule has 0 saturated carbocycles. The fourth-order valence-corrected chi connectivity index (χ4v) is 3.72. The molecule has 1 fully saturated rings. The summed E-state index contributed by atoms with van der Waals surface area (Å²) in [6.07, 6.45) is 4.06. The van der Waals surface area contributed by atoms with Crippen molar-refractivity contribution in [1.29, 1.82) is 0 Å². The van der Waals surface area contributed by atoms with Gasteiger partial charge in [-0.1, -0.05) is 26.7 Å². The van der Waals surface area contributed by atoms with Crippen LogP contribution < -0.4 is 5.32 Å². The molecule has 0 aromatic carbocycles. The largest absolute Gasteiger partial charge is 0.459 e. The van der Waals surface area contributed by atoms with Crippen molar-refractivity contribution in [3.63, 3.8) is 0 Å². The van der Waals surface area contributed by atoms with Crippen molar-refractivity contribution in [3.8, 4) is 0 Å². The van der Waals surface area contributed by atoms with Gasteiger partial charge in [-0.3, -0.25) is 14.5 Å². The Kier molecular flexibility index (Phi) is 8.39. The minimum Gasteiger partial charge on any atom is -0.459 e. The van der Waals surface area contributed by atoms with Gasteiger partial charge in [0.2, 0.25) is 5.91 Å². The molecule has 3 unspecified atom stereocenters. The minimum absolute atomic E-state index is 0.00477. The lowest BCUT2D eigenvalue weighted by Crippen LogP contribution is -2.46. The predicted molar refractivity (Wildman–Crippen MR) is 101 cm³/mol. The average Bonchev–Trinajstić information content (AvgIpc) is 2.87. The van der Waals surface area contributed by atoms with Crippen LogP contribution in [0.4, 0.5) is 0 Å². The third-order valence-corrected chi connectivity index (χ3v) is 5.01. The number of hydrogen-bond donors (Lipinski definition) is 1. The zero-order valence-electron chi connectivity index (χ0n) is 17.2. The van der Waals surface area contributed by atoms with Crippen molar-refractivity contribution in [1.82, 2.24) is 10.2 Å². The first-order valence-corrected chi connectivity index (χ1v) is 9.81. The van der Waals surface area contributed by atoms with Gasteiger partial charge in [0, 0.05) is 26.1 Å². The summed E-state index contributed by atoms with van der Waals surface area (Å²) >= 11 is 0. The number of nitrogens with zero attached hydrogens (tertiary/aromatic N) is 1. The van der Waals surface area contributed by atoms with Gasteiger partial charge >= 0.3 is 5.97 Å². The predicted octanol–water partition coefficient (Wildman–Crippen LogP) is 3.37. The normalized spacial score (nSPS) is 24.0. The molecule has 0 aliphatic carbocycles. The summed E-state index contributed by atoms with van der Waals surface area (Å²) in [5.74, 6) is 0.779. The van der Waals surface area contributed by atoms with Crippen LogP contribution in [0.25, 0.3) is 0 Å². The van der Waals surface area contributed by atoms with Crippen molar-refractivity contribution in [2.75, 3.05) is 13.1 Å². The Morgan fingerprint density at radius 3 is 2.40 bits per heavy atom. The van der Waals surface area contributed by atoms with Crippen LogP contribution in [0.15, 0.2) is 0 Å². The molecule has 1 amide bonds. The molecule has 0 aromatic rings. The summed E-state index contributed by atoms with van der Waals surface area (Å²) in [6.45, 7) is 15.5. The van der Waals surface area contributed by atoms with Crippen LogP contribution in [0.1, 0.15) is 74.1 Å². The number of likely N-dealkylation sites (tertiary alicyclic amines) is 1. The molecule has 0 aromatic heterocycles. The van der Waals surface area contributed by atoms with Crippen LogP contribution in [0.5, 0.6) is 0 Å². The number of rotatable bonds is 8. The van der Waals surface area contributed by atoms with E-state index in [1.807, 2.05) is 20.8 Å². The summed E-state index contributed by atoms with van der Waals surface area (Å²) in [6, 6.07) is -0.0505. The number of ether oxygens (including phenoxy) is 1. The average molecular weight is 355 g/mol. The van der Waals surface area contributed by atoms with Gasteiger partial charge in [0.25, 0.3) is 0 Å². The number of esters is 1. The summed E-state index contributed by atoms with van der Waals surface area (Å²) in [5, 5.41) is 3.03.